The maximum atomic E-state index is 12.0. The van der Waals surface area contributed by atoms with Gasteiger partial charge in [0.1, 0.15) is 5.01 Å². The maximum Gasteiger partial charge on any atom is 0.357 e. The van der Waals surface area contributed by atoms with Crippen LogP contribution >= 0.6 is 11.3 Å². The largest absolute Gasteiger partial charge is 0.461 e. The van der Waals surface area contributed by atoms with Gasteiger partial charge < -0.3 is 4.74 Å². The average Bonchev–Trinajstić information content (AvgIpc) is 3.19. The molecule has 0 amide bonds. The van der Waals surface area contributed by atoms with Crippen LogP contribution < -0.4 is 0 Å². The molecule has 0 saturated heterocycles. The Bertz CT molecular complexity index is 789. The van der Waals surface area contributed by atoms with E-state index in [4.69, 9.17) is 4.74 Å². The highest BCUT2D eigenvalue weighted by Crippen LogP contribution is 2.23. The molecule has 8 heteroatoms. The maximum absolute atomic E-state index is 12.0. The Hall–Kier alpha value is -2.48. The van der Waals surface area contributed by atoms with E-state index >= 15 is 0 Å². The third-order valence-electron chi connectivity index (χ3n) is 3.05. The Labute approximate surface area is 131 Å². The summed E-state index contributed by atoms with van der Waals surface area (Å²) in [6.07, 6.45) is 7.88. The summed E-state index contributed by atoms with van der Waals surface area (Å²) in [5.41, 5.74) is 2.25. The number of hydrogen-bond donors (Lipinski definition) is 0. The van der Waals surface area contributed by atoms with Gasteiger partial charge in [0.25, 0.3) is 0 Å². The molecule has 0 radical (unpaired) electrons. The van der Waals surface area contributed by atoms with Crippen LogP contribution in [0.25, 0.3) is 10.6 Å². The number of hydrogen-bond acceptors (Lipinski definition) is 6. The molecule has 0 bridgehead atoms. The van der Waals surface area contributed by atoms with Gasteiger partial charge in [-0.3, -0.25) is 9.36 Å². The van der Waals surface area contributed by atoms with Crippen LogP contribution in [-0.4, -0.2) is 37.1 Å². The van der Waals surface area contributed by atoms with Crippen molar-refractivity contribution in [2.75, 3.05) is 6.61 Å². The molecule has 7 nitrogen and oxygen atoms in total. The molecule has 0 aliphatic rings. The van der Waals surface area contributed by atoms with Gasteiger partial charge in [-0.25, -0.2) is 9.78 Å². The van der Waals surface area contributed by atoms with Gasteiger partial charge in [0, 0.05) is 43.9 Å². The van der Waals surface area contributed by atoms with Gasteiger partial charge in [-0.2, -0.15) is 10.2 Å². The molecule has 3 heterocycles. The molecule has 3 aromatic rings. The van der Waals surface area contributed by atoms with Gasteiger partial charge in [-0.1, -0.05) is 0 Å². The number of carbonyl (C=O) groups is 1. The molecule has 0 atom stereocenters. The Kier molecular flexibility index (Phi) is 4.01. The molecule has 0 spiro atoms. The molecule has 22 heavy (non-hydrogen) atoms. The first-order valence-electron chi connectivity index (χ1n) is 6.71. The molecule has 0 aromatic carbocycles. The van der Waals surface area contributed by atoms with Crippen molar-refractivity contribution in [2.45, 2.75) is 6.42 Å². The van der Waals surface area contributed by atoms with Gasteiger partial charge in [0.05, 0.1) is 19.0 Å². The first-order valence-corrected chi connectivity index (χ1v) is 7.59. The standard InChI is InChI=1S/C14H15N5O2S/c1-18-7-10(5-15-18)3-4-21-14(20)12-9-22-13(17-12)11-6-16-19(2)8-11/h5-9H,3-4H2,1-2H3. The fourth-order valence-electron chi connectivity index (χ4n) is 1.97. The molecule has 114 valence electrons. The average molecular weight is 317 g/mol. The van der Waals surface area contributed by atoms with Crippen molar-refractivity contribution >= 4 is 17.3 Å². The van der Waals surface area contributed by atoms with E-state index < -0.39 is 5.97 Å². The first kappa shape index (κ1) is 14.5. The summed E-state index contributed by atoms with van der Waals surface area (Å²) in [4.78, 5) is 16.3. The van der Waals surface area contributed by atoms with Crippen LogP contribution in [0.1, 0.15) is 16.1 Å². The zero-order chi connectivity index (χ0) is 15.5. The number of aromatic nitrogens is 5. The lowest BCUT2D eigenvalue weighted by atomic mass is 10.3. The minimum Gasteiger partial charge on any atom is -0.461 e. The van der Waals surface area contributed by atoms with Gasteiger partial charge >= 0.3 is 5.97 Å². The highest BCUT2D eigenvalue weighted by molar-refractivity contribution is 7.13. The van der Waals surface area contributed by atoms with Crippen LogP contribution in [0.4, 0.5) is 0 Å². The summed E-state index contributed by atoms with van der Waals surface area (Å²) in [6.45, 7) is 0.310. The molecule has 0 aliphatic heterocycles. The fourth-order valence-corrected chi connectivity index (χ4v) is 2.73. The van der Waals surface area contributed by atoms with E-state index in [1.165, 1.54) is 11.3 Å². The van der Waals surface area contributed by atoms with Crippen LogP contribution in [0, 0.1) is 0 Å². The first-order chi connectivity index (χ1) is 10.6. The molecule has 0 unspecified atom stereocenters. The number of nitrogens with zero attached hydrogens (tertiary/aromatic N) is 5. The predicted molar refractivity (Wildman–Crippen MR) is 81.5 cm³/mol. The Morgan fingerprint density at radius 2 is 2.00 bits per heavy atom. The third-order valence-corrected chi connectivity index (χ3v) is 3.94. The molecule has 3 rings (SSSR count). The molecule has 3 aromatic heterocycles. The van der Waals surface area contributed by atoms with E-state index in [0.29, 0.717) is 18.7 Å². The molecule has 0 aliphatic carbocycles. The highest BCUT2D eigenvalue weighted by Gasteiger charge is 2.14. The lowest BCUT2D eigenvalue weighted by Crippen LogP contribution is -2.08. The SMILES string of the molecule is Cn1cc(CCOC(=O)c2csc(-c3cnn(C)c3)n2)cn1. The van der Waals surface area contributed by atoms with Crippen LogP contribution in [0.2, 0.25) is 0 Å². The number of ether oxygens (including phenoxy) is 1. The number of aryl methyl sites for hydroxylation is 2. The Morgan fingerprint density at radius 3 is 2.68 bits per heavy atom. The number of thiazole rings is 1. The third kappa shape index (κ3) is 3.22. The van der Waals surface area contributed by atoms with E-state index in [-0.39, 0.29) is 0 Å². The van der Waals surface area contributed by atoms with E-state index in [0.717, 1.165) is 16.1 Å². The monoisotopic (exact) mass is 317 g/mol. The number of esters is 1. The smallest absolute Gasteiger partial charge is 0.357 e. The normalized spacial score (nSPS) is 10.8. The lowest BCUT2D eigenvalue weighted by Gasteiger charge is -2.00. The lowest BCUT2D eigenvalue weighted by molar-refractivity contribution is 0.0503. The predicted octanol–water partition coefficient (Wildman–Crippen LogP) is 1.68. The number of rotatable bonds is 5. The fraction of sp³-hybridized carbons (Fsp3) is 0.286. The van der Waals surface area contributed by atoms with Crippen molar-refractivity contribution in [1.29, 1.82) is 0 Å². The van der Waals surface area contributed by atoms with Gasteiger partial charge in [-0.05, 0) is 5.56 Å². The summed E-state index contributed by atoms with van der Waals surface area (Å²) in [6, 6.07) is 0. The van der Waals surface area contributed by atoms with E-state index in [9.17, 15) is 4.79 Å². The van der Waals surface area contributed by atoms with Crippen molar-refractivity contribution in [3.63, 3.8) is 0 Å². The molecule has 0 N–H and O–H groups in total. The summed E-state index contributed by atoms with van der Waals surface area (Å²) in [7, 11) is 3.69. The molecule has 0 fully saturated rings. The van der Waals surface area contributed by atoms with E-state index in [1.807, 2.05) is 26.5 Å². The van der Waals surface area contributed by atoms with Crippen LogP contribution in [0.5, 0.6) is 0 Å². The van der Waals surface area contributed by atoms with Crippen molar-refractivity contribution in [3.8, 4) is 10.6 Å². The van der Waals surface area contributed by atoms with E-state index in [2.05, 4.69) is 15.2 Å². The molecule has 0 saturated carbocycles. The summed E-state index contributed by atoms with van der Waals surface area (Å²) < 4.78 is 8.66. The second kappa shape index (κ2) is 6.10. The van der Waals surface area contributed by atoms with Gasteiger partial charge in [0.15, 0.2) is 5.69 Å². The van der Waals surface area contributed by atoms with Crippen LogP contribution in [0.15, 0.2) is 30.2 Å². The summed E-state index contributed by atoms with van der Waals surface area (Å²) >= 11 is 1.40. The zero-order valence-corrected chi connectivity index (χ0v) is 13.1. The van der Waals surface area contributed by atoms with Gasteiger partial charge in [0.2, 0.25) is 0 Å². The Balaban J connectivity index is 1.57. The topological polar surface area (TPSA) is 74.8 Å². The minimum atomic E-state index is -0.407. The summed E-state index contributed by atoms with van der Waals surface area (Å²) in [5.74, 6) is -0.407. The molecular formula is C14H15N5O2S. The van der Waals surface area contributed by atoms with Crippen molar-refractivity contribution < 1.29 is 9.53 Å². The molecular weight excluding hydrogens is 302 g/mol. The summed E-state index contributed by atoms with van der Waals surface area (Å²) in [5, 5.41) is 10.6. The van der Waals surface area contributed by atoms with Crippen LogP contribution in [-0.2, 0) is 25.3 Å². The van der Waals surface area contributed by atoms with Crippen LogP contribution in [0.3, 0.4) is 0 Å². The number of carbonyl (C=O) groups excluding carboxylic acids is 1. The Morgan fingerprint density at radius 1 is 1.23 bits per heavy atom. The van der Waals surface area contributed by atoms with Crippen molar-refractivity contribution in [2.24, 2.45) is 14.1 Å². The quantitative estimate of drug-likeness (QED) is 0.669. The minimum absolute atomic E-state index is 0.310. The van der Waals surface area contributed by atoms with E-state index in [1.54, 1.807) is 27.1 Å². The zero-order valence-electron chi connectivity index (χ0n) is 12.3. The van der Waals surface area contributed by atoms with Crippen molar-refractivity contribution in [1.82, 2.24) is 24.5 Å². The van der Waals surface area contributed by atoms with Gasteiger partial charge in [-0.15, -0.1) is 11.3 Å². The highest BCUT2D eigenvalue weighted by atomic mass is 32.1. The second-order valence-corrected chi connectivity index (χ2v) is 5.71. The van der Waals surface area contributed by atoms with Crippen molar-refractivity contribution in [3.05, 3.63) is 41.4 Å². The second-order valence-electron chi connectivity index (χ2n) is 4.85.